The molecule has 0 spiro atoms. The first kappa shape index (κ1) is 24.9. The molecule has 0 bridgehead atoms. The van der Waals surface area contributed by atoms with E-state index >= 15 is 0 Å². The molecule has 37 heavy (non-hydrogen) atoms. The molecule has 1 saturated heterocycles. The number of hydrogen-bond donors (Lipinski definition) is 2. The zero-order chi connectivity index (χ0) is 25.9. The molecule has 1 aliphatic carbocycles. The Labute approximate surface area is 220 Å². The number of carbonyl (C=O) groups is 3. The number of β-lactam (4-membered cyclic amide) rings is 1. The number of anilines is 1. The SMILES string of the molecule is Nc1nc(C(=NOC2C=CCCC2)C(=O)NC2C(=O)N3C=C(C[n+]4ccc(C(=O)[O-])cc4)CS[C@@H]23)ns1. The van der Waals surface area contributed by atoms with E-state index < -0.39 is 17.9 Å². The topological polar surface area (TPSA) is 167 Å². The molecule has 0 saturated carbocycles. The molecule has 12 nitrogen and oxygen atoms in total. The summed E-state index contributed by atoms with van der Waals surface area (Å²) in [5, 5.41) is 17.6. The molecule has 5 rings (SSSR count). The molecule has 3 aliphatic rings. The van der Waals surface area contributed by atoms with Gasteiger partial charge in [0.05, 0.1) is 5.97 Å². The average molecular weight is 542 g/mol. The maximum atomic E-state index is 13.1. The number of fused-ring (bicyclic) bond motifs is 1. The van der Waals surface area contributed by atoms with E-state index in [2.05, 4.69) is 19.8 Å². The summed E-state index contributed by atoms with van der Waals surface area (Å²) in [6.07, 6.45) is 11.5. The van der Waals surface area contributed by atoms with Crippen molar-refractivity contribution in [1.29, 1.82) is 0 Å². The van der Waals surface area contributed by atoms with E-state index in [4.69, 9.17) is 10.6 Å². The van der Waals surface area contributed by atoms with Crippen LogP contribution in [0.3, 0.4) is 0 Å². The van der Waals surface area contributed by atoms with Crippen LogP contribution in [0.15, 0.2) is 53.6 Å². The Morgan fingerprint density at radius 1 is 1.35 bits per heavy atom. The fraction of sp³-hybridized carbons (Fsp3) is 0.348. The van der Waals surface area contributed by atoms with Crippen molar-refractivity contribution in [3.05, 3.63) is 59.8 Å². The highest BCUT2D eigenvalue weighted by Crippen LogP contribution is 2.36. The van der Waals surface area contributed by atoms with E-state index in [1.165, 1.54) is 23.9 Å². The molecular weight excluding hydrogens is 518 g/mol. The third-order valence-corrected chi connectivity index (χ3v) is 7.92. The molecule has 0 radical (unpaired) electrons. The number of thioether (sulfide) groups is 1. The van der Waals surface area contributed by atoms with Gasteiger partial charge in [-0.05, 0) is 25.3 Å². The Kier molecular flexibility index (Phi) is 7.19. The van der Waals surface area contributed by atoms with Crippen LogP contribution in [0.4, 0.5) is 5.13 Å². The van der Waals surface area contributed by atoms with E-state index in [1.54, 1.807) is 23.5 Å². The number of aromatic carboxylic acids is 1. The number of carboxylic acids is 1. The lowest BCUT2D eigenvalue weighted by Crippen LogP contribution is -2.69. The molecule has 192 valence electrons. The molecular formula is C23H23N7O5S2. The average Bonchev–Trinajstić information content (AvgIpc) is 3.34. The van der Waals surface area contributed by atoms with E-state index in [0.29, 0.717) is 12.3 Å². The van der Waals surface area contributed by atoms with Crippen LogP contribution in [0.1, 0.15) is 35.4 Å². The van der Waals surface area contributed by atoms with E-state index in [1.807, 2.05) is 16.7 Å². The van der Waals surface area contributed by atoms with Crippen LogP contribution >= 0.6 is 23.3 Å². The van der Waals surface area contributed by atoms with Crippen LogP contribution in [-0.4, -0.2) is 61.0 Å². The number of rotatable bonds is 8. The number of carboxylic acid groups (broad SMARTS) is 1. The second-order valence-electron chi connectivity index (χ2n) is 8.63. The van der Waals surface area contributed by atoms with Gasteiger partial charge in [-0.15, -0.1) is 11.8 Å². The van der Waals surface area contributed by atoms with Crippen molar-refractivity contribution in [2.45, 2.75) is 43.3 Å². The number of nitrogens with one attached hydrogen (secondary N) is 1. The Balaban J connectivity index is 1.24. The summed E-state index contributed by atoms with van der Waals surface area (Å²) in [7, 11) is 0. The number of pyridine rings is 1. The van der Waals surface area contributed by atoms with Gasteiger partial charge in [0.15, 0.2) is 24.1 Å². The number of aromatic nitrogens is 3. The molecule has 2 aliphatic heterocycles. The number of nitrogens with two attached hydrogens (primary N) is 1. The molecule has 0 aromatic carbocycles. The van der Waals surface area contributed by atoms with Crippen LogP contribution in [0.2, 0.25) is 0 Å². The summed E-state index contributed by atoms with van der Waals surface area (Å²) in [5.41, 5.74) is 6.64. The number of allylic oxidation sites excluding steroid dienone is 1. The van der Waals surface area contributed by atoms with Gasteiger partial charge in [-0.1, -0.05) is 11.2 Å². The first-order valence-electron chi connectivity index (χ1n) is 11.5. The standard InChI is InChI=1S/C23H23N7O5S2/c24-23-26-18(28-37-23)16(27-35-15-4-2-1-3-5-15)19(31)25-17-20(32)30-11-13(12-36-21(17)30)10-29-8-6-14(7-9-29)22(33)34/h2,4,6-9,11,15,17,21H,1,3,5,10,12H2,(H3-,24,25,26,28,31,33,34)/t15?,17?,21-/m0/s1. The van der Waals surface area contributed by atoms with E-state index in [-0.39, 0.29) is 39.6 Å². The van der Waals surface area contributed by atoms with Crippen LogP contribution < -0.4 is 20.7 Å². The Bertz CT molecular complexity index is 1310. The summed E-state index contributed by atoms with van der Waals surface area (Å²) in [6, 6.07) is 2.20. The van der Waals surface area contributed by atoms with Crippen LogP contribution in [0.25, 0.3) is 0 Å². The van der Waals surface area contributed by atoms with Gasteiger partial charge in [-0.25, -0.2) is 4.57 Å². The molecule has 2 aromatic heterocycles. The predicted molar refractivity (Wildman–Crippen MR) is 133 cm³/mol. The van der Waals surface area contributed by atoms with E-state index in [9.17, 15) is 19.5 Å². The minimum atomic E-state index is -1.23. The summed E-state index contributed by atoms with van der Waals surface area (Å²) in [6.45, 7) is 0.495. The van der Waals surface area contributed by atoms with Gasteiger partial charge in [0.25, 0.3) is 11.8 Å². The quantitative estimate of drug-likeness (QED) is 0.148. The van der Waals surface area contributed by atoms with Crippen molar-refractivity contribution >= 4 is 51.9 Å². The van der Waals surface area contributed by atoms with Gasteiger partial charge in [0, 0.05) is 46.8 Å². The van der Waals surface area contributed by atoms with Crippen molar-refractivity contribution < 1.29 is 28.9 Å². The van der Waals surface area contributed by atoms with Crippen LogP contribution in [-0.2, 0) is 21.0 Å². The number of nitrogen functional groups attached to an aromatic ring is 1. The maximum Gasteiger partial charge on any atom is 0.278 e. The second kappa shape index (κ2) is 10.7. The van der Waals surface area contributed by atoms with Crippen molar-refractivity contribution in [3.63, 3.8) is 0 Å². The highest BCUT2D eigenvalue weighted by atomic mass is 32.2. The monoisotopic (exact) mass is 541 g/mol. The van der Waals surface area contributed by atoms with Crippen molar-refractivity contribution in [2.24, 2.45) is 5.16 Å². The predicted octanol–water partition coefficient (Wildman–Crippen LogP) is -0.415. The van der Waals surface area contributed by atoms with Gasteiger partial charge in [-0.2, -0.15) is 9.36 Å². The summed E-state index contributed by atoms with van der Waals surface area (Å²) in [5.74, 6) is -1.42. The number of oxime groups is 1. The summed E-state index contributed by atoms with van der Waals surface area (Å²) < 4.78 is 5.90. The second-order valence-corrected chi connectivity index (χ2v) is 10.5. The molecule has 1 fully saturated rings. The Morgan fingerprint density at radius 3 is 2.84 bits per heavy atom. The third-order valence-electron chi connectivity index (χ3n) is 6.00. The minimum Gasteiger partial charge on any atom is -0.545 e. The van der Waals surface area contributed by atoms with Crippen LogP contribution in [0, 0.1) is 0 Å². The number of hydrogen-bond acceptors (Lipinski definition) is 11. The van der Waals surface area contributed by atoms with Gasteiger partial charge in [-0.3, -0.25) is 9.59 Å². The smallest absolute Gasteiger partial charge is 0.278 e. The van der Waals surface area contributed by atoms with Gasteiger partial charge in [0.1, 0.15) is 17.5 Å². The highest BCUT2D eigenvalue weighted by molar-refractivity contribution is 8.00. The lowest BCUT2D eigenvalue weighted by Gasteiger charge is -2.47. The lowest BCUT2D eigenvalue weighted by molar-refractivity contribution is -0.689. The van der Waals surface area contributed by atoms with Gasteiger partial charge in [0.2, 0.25) is 11.5 Å². The molecule has 2 unspecified atom stereocenters. The normalized spacial score (nSPS) is 23.1. The first-order valence-corrected chi connectivity index (χ1v) is 13.4. The number of carbonyl (C=O) groups excluding carboxylic acids is 3. The zero-order valence-corrected chi connectivity index (χ0v) is 21.1. The molecule has 3 N–H and O–H groups in total. The highest BCUT2D eigenvalue weighted by Gasteiger charge is 2.50. The number of amides is 2. The van der Waals surface area contributed by atoms with Gasteiger partial charge >= 0.3 is 0 Å². The third kappa shape index (κ3) is 5.49. The largest absolute Gasteiger partial charge is 0.545 e. The van der Waals surface area contributed by atoms with E-state index in [0.717, 1.165) is 36.4 Å². The zero-order valence-electron chi connectivity index (χ0n) is 19.5. The van der Waals surface area contributed by atoms with Gasteiger partial charge < -0.3 is 30.7 Å². The molecule has 4 heterocycles. The number of nitrogens with zero attached hydrogens (tertiary/aromatic N) is 5. The minimum absolute atomic E-state index is 0.0450. The molecule has 2 aromatic rings. The lowest BCUT2D eigenvalue weighted by atomic mass is 10.1. The molecule has 3 atom stereocenters. The Morgan fingerprint density at radius 2 is 2.16 bits per heavy atom. The maximum absolute atomic E-state index is 13.1. The van der Waals surface area contributed by atoms with Crippen LogP contribution in [0.5, 0.6) is 0 Å². The fourth-order valence-corrected chi connectivity index (χ4v) is 5.78. The molecule has 2 amide bonds. The van der Waals surface area contributed by atoms with Crippen molar-refractivity contribution in [2.75, 3.05) is 11.5 Å². The van der Waals surface area contributed by atoms with Crippen molar-refractivity contribution in [1.82, 2.24) is 19.6 Å². The summed E-state index contributed by atoms with van der Waals surface area (Å²) >= 11 is 2.46. The first-order chi connectivity index (χ1) is 17.9. The Hall–Kier alpha value is -3.78. The fourth-order valence-electron chi connectivity index (χ4n) is 4.09. The summed E-state index contributed by atoms with van der Waals surface area (Å²) in [4.78, 5) is 48.1. The molecule has 14 heteroatoms. The van der Waals surface area contributed by atoms with Crippen molar-refractivity contribution in [3.8, 4) is 0 Å².